The molecule has 1 aliphatic carbocycles. The van der Waals surface area contributed by atoms with E-state index in [1.54, 1.807) is 0 Å². The van der Waals surface area contributed by atoms with Crippen molar-refractivity contribution in [1.29, 1.82) is 0 Å². The summed E-state index contributed by atoms with van der Waals surface area (Å²) >= 11 is 7.45. The smallest absolute Gasteiger partial charge is 0.262 e. The van der Waals surface area contributed by atoms with Gasteiger partial charge in [0.2, 0.25) is 0 Å². The van der Waals surface area contributed by atoms with Crippen molar-refractivity contribution in [1.82, 2.24) is 5.32 Å². The van der Waals surface area contributed by atoms with E-state index in [1.807, 2.05) is 12.3 Å². The number of hydrogen-bond acceptors (Lipinski definition) is 3. The van der Waals surface area contributed by atoms with Gasteiger partial charge in [-0.1, -0.05) is 11.6 Å². The Morgan fingerprint density at radius 1 is 1.50 bits per heavy atom. The summed E-state index contributed by atoms with van der Waals surface area (Å²) < 4.78 is 0. The fourth-order valence-electron chi connectivity index (χ4n) is 2.25. The molecule has 0 unspecified atom stereocenters. The van der Waals surface area contributed by atoms with Crippen LogP contribution in [-0.4, -0.2) is 23.7 Å². The van der Waals surface area contributed by atoms with Gasteiger partial charge >= 0.3 is 0 Å². The van der Waals surface area contributed by atoms with E-state index in [1.165, 1.54) is 11.3 Å². The maximum atomic E-state index is 12.0. The first-order valence-electron chi connectivity index (χ1n) is 6.27. The Hall–Kier alpha value is -0.580. The first kappa shape index (κ1) is 13.8. The minimum Gasteiger partial charge on any atom is -0.393 e. The van der Waals surface area contributed by atoms with Crippen LogP contribution in [0.2, 0.25) is 5.02 Å². The van der Waals surface area contributed by atoms with Crippen LogP contribution in [0.4, 0.5) is 0 Å². The Morgan fingerprint density at radius 2 is 2.17 bits per heavy atom. The number of aliphatic hydroxyl groups excluding tert-OH is 1. The van der Waals surface area contributed by atoms with E-state index in [4.69, 9.17) is 11.6 Å². The van der Waals surface area contributed by atoms with Gasteiger partial charge in [-0.15, -0.1) is 11.3 Å². The third-order valence-electron chi connectivity index (χ3n) is 3.47. The lowest BCUT2D eigenvalue weighted by Crippen LogP contribution is -2.31. The number of aliphatic hydroxyl groups is 1. The number of rotatable bonds is 3. The fourth-order valence-corrected chi connectivity index (χ4v) is 3.44. The quantitative estimate of drug-likeness (QED) is 0.898. The predicted molar refractivity (Wildman–Crippen MR) is 74.4 cm³/mol. The summed E-state index contributed by atoms with van der Waals surface area (Å²) in [4.78, 5) is 12.6. The second-order valence-electron chi connectivity index (χ2n) is 4.95. The molecule has 1 fully saturated rings. The molecule has 1 saturated carbocycles. The normalized spacial score (nSPS) is 23.9. The first-order chi connectivity index (χ1) is 8.58. The standard InChI is InChI=1S/C13H18ClNO2S/c1-8-7-18-12(11(8)14)13(17)15-6-9-2-4-10(16)5-3-9/h7,9-10,16H,2-6H2,1H3,(H,15,17). The molecule has 0 aliphatic heterocycles. The molecule has 1 heterocycles. The molecule has 0 spiro atoms. The maximum absolute atomic E-state index is 12.0. The van der Waals surface area contributed by atoms with Crippen molar-refractivity contribution in [2.24, 2.45) is 5.92 Å². The Morgan fingerprint density at radius 3 is 2.72 bits per heavy atom. The van der Waals surface area contributed by atoms with E-state index in [2.05, 4.69) is 5.32 Å². The maximum Gasteiger partial charge on any atom is 0.262 e. The molecule has 1 aromatic heterocycles. The van der Waals surface area contributed by atoms with Crippen LogP contribution >= 0.6 is 22.9 Å². The number of hydrogen-bond donors (Lipinski definition) is 2. The van der Waals surface area contributed by atoms with Gasteiger partial charge in [-0.2, -0.15) is 0 Å². The molecule has 1 amide bonds. The van der Waals surface area contributed by atoms with E-state index < -0.39 is 0 Å². The molecule has 0 radical (unpaired) electrons. The molecule has 0 saturated heterocycles. The Bertz CT molecular complexity index is 425. The summed E-state index contributed by atoms with van der Waals surface area (Å²) in [5.74, 6) is 0.404. The summed E-state index contributed by atoms with van der Waals surface area (Å²) in [6, 6.07) is 0. The highest BCUT2D eigenvalue weighted by Crippen LogP contribution is 2.27. The molecule has 5 heteroatoms. The molecular formula is C13H18ClNO2S. The molecule has 0 atom stereocenters. The monoisotopic (exact) mass is 287 g/mol. The number of thiophene rings is 1. The van der Waals surface area contributed by atoms with Gasteiger partial charge in [0, 0.05) is 6.54 Å². The number of halogens is 1. The van der Waals surface area contributed by atoms with Crippen LogP contribution in [0.1, 0.15) is 40.9 Å². The molecule has 1 aliphatic rings. The van der Waals surface area contributed by atoms with Crippen LogP contribution < -0.4 is 5.32 Å². The van der Waals surface area contributed by atoms with Crippen molar-refractivity contribution in [3.8, 4) is 0 Å². The number of carbonyl (C=O) groups is 1. The van der Waals surface area contributed by atoms with E-state index in [0.29, 0.717) is 22.4 Å². The molecule has 3 nitrogen and oxygen atoms in total. The number of amides is 1. The second-order valence-corrected chi connectivity index (χ2v) is 6.20. The van der Waals surface area contributed by atoms with Gasteiger partial charge in [0.05, 0.1) is 11.1 Å². The van der Waals surface area contributed by atoms with Crippen LogP contribution in [0, 0.1) is 12.8 Å². The van der Waals surface area contributed by atoms with E-state index in [-0.39, 0.29) is 12.0 Å². The summed E-state index contributed by atoms with van der Waals surface area (Å²) in [7, 11) is 0. The highest BCUT2D eigenvalue weighted by Gasteiger charge is 2.21. The average molecular weight is 288 g/mol. The van der Waals surface area contributed by atoms with E-state index >= 15 is 0 Å². The number of carbonyl (C=O) groups excluding carboxylic acids is 1. The van der Waals surface area contributed by atoms with Crippen LogP contribution in [0.3, 0.4) is 0 Å². The number of aryl methyl sites for hydroxylation is 1. The van der Waals surface area contributed by atoms with Gasteiger partial charge in [-0.25, -0.2) is 0 Å². The summed E-state index contributed by atoms with van der Waals surface area (Å²) in [5.41, 5.74) is 0.951. The van der Waals surface area contributed by atoms with Crippen molar-refractivity contribution in [2.75, 3.05) is 6.54 Å². The summed E-state index contributed by atoms with van der Waals surface area (Å²) in [6.45, 7) is 2.58. The average Bonchev–Trinajstić information content (AvgIpc) is 2.69. The predicted octanol–water partition coefficient (Wildman–Crippen LogP) is 2.99. The lowest BCUT2D eigenvalue weighted by Gasteiger charge is -2.25. The van der Waals surface area contributed by atoms with Gasteiger partial charge in [0.25, 0.3) is 5.91 Å². The second kappa shape index (κ2) is 6.04. The lowest BCUT2D eigenvalue weighted by atomic mass is 9.87. The Balaban J connectivity index is 1.83. The molecule has 18 heavy (non-hydrogen) atoms. The Kier molecular flexibility index (Phi) is 4.65. The van der Waals surface area contributed by atoms with Crippen LogP contribution in [0.25, 0.3) is 0 Å². The van der Waals surface area contributed by atoms with Crippen molar-refractivity contribution in [3.05, 3.63) is 20.8 Å². The van der Waals surface area contributed by atoms with E-state index in [0.717, 1.165) is 31.2 Å². The zero-order valence-electron chi connectivity index (χ0n) is 10.4. The van der Waals surface area contributed by atoms with Gasteiger partial charge in [-0.3, -0.25) is 4.79 Å². The lowest BCUT2D eigenvalue weighted by molar-refractivity contribution is 0.0914. The zero-order chi connectivity index (χ0) is 13.1. The SMILES string of the molecule is Cc1csc(C(=O)NCC2CCC(O)CC2)c1Cl. The third kappa shape index (κ3) is 3.25. The van der Waals surface area contributed by atoms with Crippen LogP contribution in [0.5, 0.6) is 0 Å². The highest BCUT2D eigenvalue weighted by atomic mass is 35.5. The molecule has 1 aromatic rings. The fraction of sp³-hybridized carbons (Fsp3) is 0.615. The molecule has 0 bridgehead atoms. The molecule has 2 rings (SSSR count). The Labute approximate surface area is 116 Å². The van der Waals surface area contributed by atoms with Crippen molar-refractivity contribution < 1.29 is 9.90 Å². The van der Waals surface area contributed by atoms with Crippen molar-refractivity contribution in [2.45, 2.75) is 38.7 Å². The molecule has 0 aromatic carbocycles. The summed E-state index contributed by atoms with van der Waals surface area (Å²) in [5, 5.41) is 14.8. The van der Waals surface area contributed by atoms with E-state index in [9.17, 15) is 9.90 Å². The van der Waals surface area contributed by atoms with Crippen molar-refractivity contribution in [3.63, 3.8) is 0 Å². The van der Waals surface area contributed by atoms with Gasteiger partial charge in [-0.05, 0) is 49.5 Å². The van der Waals surface area contributed by atoms with Gasteiger partial charge in [0.1, 0.15) is 4.88 Å². The minimum absolute atomic E-state index is 0.0794. The van der Waals surface area contributed by atoms with Crippen LogP contribution in [-0.2, 0) is 0 Å². The molecule has 100 valence electrons. The zero-order valence-corrected chi connectivity index (χ0v) is 12.0. The first-order valence-corrected chi connectivity index (χ1v) is 7.53. The van der Waals surface area contributed by atoms with Gasteiger partial charge in [0.15, 0.2) is 0 Å². The molecular weight excluding hydrogens is 270 g/mol. The molecule has 2 N–H and O–H groups in total. The van der Waals surface area contributed by atoms with Crippen molar-refractivity contribution >= 4 is 28.8 Å². The summed E-state index contributed by atoms with van der Waals surface area (Å²) in [6.07, 6.45) is 3.52. The number of nitrogens with one attached hydrogen (secondary N) is 1. The minimum atomic E-state index is -0.147. The highest BCUT2D eigenvalue weighted by molar-refractivity contribution is 7.13. The topological polar surface area (TPSA) is 49.3 Å². The largest absolute Gasteiger partial charge is 0.393 e. The third-order valence-corrected chi connectivity index (χ3v) is 5.17. The van der Waals surface area contributed by atoms with Gasteiger partial charge < -0.3 is 10.4 Å². The van der Waals surface area contributed by atoms with Crippen LogP contribution in [0.15, 0.2) is 5.38 Å².